The molecule has 112 valence electrons. The van der Waals surface area contributed by atoms with Gasteiger partial charge in [0.05, 0.1) is 6.61 Å². The smallest absolute Gasteiger partial charge is 0.459 e. The summed E-state index contributed by atoms with van der Waals surface area (Å²) in [6.45, 7) is 1.14. The molecule has 0 aliphatic carbocycles. The average molecular weight is 300 g/mol. The monoisotopic (exact) mass is 300 g/mol. The minimum absolute atomic E-state index is 0.216. The highest BCUT2D eigenvalue weighted by Crippen LogP contribution is 2.44. The average Bonchev–Trinajstić information content (AvgIpc) is 2.36. The molecule has 0 radical (unpaired) electrons. The molecule has 0 unspecified atom stereocenters. The topological polar surface area (TPSA) is 90.1 Å². The number of carbonyl (C=O) groups excluding carboxylic acids is 1. The number of nitrogens with two attached hydrogens (primary N) is 1. The highest BCUT2D eigenvalue weighted by Gasteiger charge is 2.61. The molecule has 1 aromatic heterocycles. The van der Waals surface area contributed by atoms with E-state index in [4.69, 9.17) is 5.84 Å². The predicted octanol–water partition coefficient (Wildman–Crippen LogP) is 1.59. The maximum Gasteiger partial charge on any atom is 0.459 e. The third-order valence-corrected chi connectivity index (χ3v) is 2.07. The molecule has 0 aromatic carbocycles. The number of carbonyl (C=O) groups is 1. The summed E-state index contributed by atoms with van der Waals surface area (Å²) >= 11 is 0. The summed E-state index contributed by atoms with van der Waals surface area (Å²) in [6, 6.07) is 0. The number of nitrogens with zero attached hydrogens (tertiary/aromatic N) is 2. The Morgan fingerprint density at radius 2 is 2.00 bits per heavy atom. The number of halogens is 5. The van der Waals surface area contributed by atoms with Crippen molar-refractivity contribution in [3.05, 3.63) is 17.5 Å². The van der Waals surface area contributed by atoms with Crippen molar-refractivity contribution >= 4 is 11.9 Å². The van der Waals surface area contributed by atoms with Crippen LogP contribution < -0.4 is 11.3 Å². The Hall–Kier alpha value is -2.04. The van der Waals surface area contributed by atoms with Gasteiger partial charge in [0.25, 0.3) is 0 Å². The summed E-state index contributed by atoms with van der Waals surface area (Å²) in [4.78, 5) is 17.6. The zero-order valence-electron chi connectivity index (χ0n) is 9.96. The van der Waals surface area contributed by atoms with Crippen molar-refractivity contribution in [2.45, 2.75) is 19.0 Å². The molecule has 1 heterocycles. The van der Waals surface area contributed by atoms with E-state index in [1.54, 1.807) is 5.43 Å². The van der Waals surface area contributed by atoms with E-state index < -0.39 is 35.3 Å². The van der Waals surface area contributed by atoms with Crippen LogP contribution in [0.25, 0.3) is 0 Å². The minimum atomic E-state index is -5.94. The molecule has 1 rings (SSSR count). The molecule has 0 saturated carbocycles. The number of aromatic nitrogens is 2. The van der Waals surface area contributed by atoms with Crippen LogP contribution in [0.15, 0.2) is 6.20 Å². The standard InChI is InChI=1S/C9H9F5N4O2/c1-2-20-6(19)4-3-16-7(18-15)17-5(4)8(10,11)9(12,13)14/h3H,2,15H2,1H3,(H,16,17,18). The lowest BCUT2D eigenvalue weighted by Crippen LogP contribution is -2.37. The third-order valence-electron chi connectivity index (χ3n) is 2.07. The molecule has 0 amide bonds. The van der Waals surface area contributed by atoms with Crippen LogP contribution in [0.2, 0.25) is 0 Å². The molecule has 3 N–H and O–H groups in total. The minimum Gasteiger partial charge on any atom is -0.462 e. The summed E-state index contributed by atoms with van der Waals surface area (Å²) < 4.78 is 68.2. The summed E-state index contributed by atoms with van der Waals surface area (Å²) in [7, 11) is 0. The van der Waals surface area contributed by atoms with Crippen molar-refractivity contribution in [2.24, 2.45) is 5.84 Å². The molecule has 0 saturated heterocycles. The summed E-state index contributed by atoms with van der Waals surface area (Å²) in [6.07, 6.45) is -5.45. The molecule has 0 atom stereocenters. The molecule has 0 fully saturated rings. The predicted molar refractivity (Wildman–Crippen MR) is 55.7 cm³/mol. The molecular formula is C9H9F5N4O2. The number of hydrogen-bond donors (Lipinski definition) is 2. The summed E-state index contributed by atoms with van der Waals surface area (Å²) in [5.41, 5.74) is -1.20. The zero-order chi connectivity index (χ0) is 15.6. The molecule has 6 nitrogen and oxygen atoms in total. The van der Waals surface area contributed by atoms with E-state index in [1.807, 2.05) is 0 Å². The second-order valence-electron chi connectivity index (χ2n) is 3.39. The normalized spacial score (nSPS) is 12.2. The number of esters is 1. The van der Waals surface area contributed by atoms with Crippen LogP contribution in [0.3, 0.4) is 0 Å². The largest absolute Gasteiger partial charge is 0.462 e. The van der Waals surface area contributed by atoms with E-state index in [0.717, 1.165) is 0 Å². The van der Waals surface area contributed by atoms with Gasteiger partial charge in [-0.25, -0.2) is 20.6 Å². The number of alkyl halides is 5. The molecule has 11 heteroatoms. The van der Waals surface area contributed by atoms with Crippen LogP contribution in [-0.2, 0) is 10.7 Å². The fourth-order valence-corrected chi connectivity index (χ4v) is 1.18. The summed E-state index contributed by atoms with van der Waals surface area (Å²) in [5.74, 6) is -2.61. The Kier molecular flexibility index (Phi) is 4.43. The van der Waals surface area contributed by atoms with Gasteiger partial charge >= 0.3 is 18.1 Å². The molecule has 0 aliphatic rings. The first-order valence-electron chi connectivity index (χ1n) is 5.11. The maximum absolute atomic E-state index is 13.3. The van der Waals surface area contributed by atoms with Gasteiger partial charge in [0, 0.05) is 6.20 Å². The lowest BCUT2D eigenvalue weighted by Gasteiger charge is -2.21. The van der Waals surface area contributed by atoms with Crippen LogP contribution in [-0.4, -0.2) is 28.7 Å². The summed E-state index contributed by atoms with van der Waals surface area (Å²) in [5, 5.41) is 0. The van der Waals surface area contributed by atoms with E-state index in [-0.39, 0.29) is 6.61 Å². The lowest BCUT2D eigenvalue weighted by atomic mass is 10.1. The van der Waals surface area contributed by atoms with E-state index in [1.165, 1.54) is 6.92 Å². The van der Waals surface area contributed by atoms with E-state index in [0.29, 0.717) is 6.20 Å². The van der Waals surface area contributed by atoms with Crippen LogP contribution >= 0.6 is 0 Å². The van der Waals surface area contributed by atoms with Gasteiger partial charge in [-0.05, 0) is 6.92 Å². The van der Waals surface area contributed by atoms with Gasteiger partial charge in [-0.15, -0.1) is 0 Å². The molecule has 0 spiro atoms. The second-order valence-corrected chi connectivity index (χ2v) is 3.39. The van der Waals surface area contributed by atoms with Crippen molar-refractivity contribution in [2.75, 3.05) is 12.0 Å². The van der Waals surface area contributed by atoms with Gasteiger partial charge in [-0.3, -0.25) is 5.43 Å². The number of ether oxygens (including phenoxy) is 1. The van der Waals surface area contributed by atoms with Crippen LogP contribution in [0, 0.1) is 0 Å². The molecule has 0 bridgehead atoms. The Labute approximate surface area is 109 Å². The molecular weight excluding hydrogens is 291 g/mol. The third kappa shape index (κ3) is 2.92. The highest BCUT2D eigenvalue weighted by molar-refractivity contribution is 5.90. The number of nitrogens with one attached hydrogen (secondary N) is 1. The Bertz CT molecular complexity index is 506. The van der Waals surface area contributed by atoms with Crippen molar-refractivity contribution in [3.63, 3.8) is 0 Å². The quantitative estimate of drug-likeness (QED) is 0.380. The number of nitrogen functional groups attached to an aromatic ring is 1. The van der Waals surface area contributed by atoms with Crippen molar-refractivity contribution in [1.29, 1.82) is 0 Å². The van der Waals surface area contributed by atoms with Crippen LogP contribution in [0.5, 0.6) is 0 Å². The fraction of sp³-hybridized carbons (Fsp3) is 0.444. The van der Waals surface area contributed by atoms with Gasteiger partial charge in [0.1, 0.15) is 11.3 Å². The Morgan fingerprint density at radius 3 is 2.45 bits per heavy atom. The van der Waals surface area contributed by atoms with Gasteiger partial charge in [-0.1, -0.05) is 0 Å². The van der Waals surface area contributed by atoms with Gasteiger partial charge in [-0.2, -0.15) is 22.0 Å². The number of rotatable bonds is 4. The van der Waals surface area contributed by atoms with Crippen LogP contribution in [0.1, 0.15) is 23.0 Å². The van der Waals surface area contributed by atoms with Crippen molar-refractivity contribution in [3.8, 4) is 0 Å². The lowest BCUT2D eigenvalue weighted by molar-refractivity contribution is -0.291. The van der Waals surface area contributed by atoms with Crippen LogP contribution in [0.4, 0.5) is 27.9 Å². The fourth-order valence-electron chi connectivity index (χ4n) is 1.18. The van der Waals surface area contributed by atoms with Gasteiger partial charge < -0.3 is 4.74 Å². The first-order chi connectivity index (χ1) is 9.15. The molecule has 20 heavy (non-hydrogen) atoms. The number of hydrazine groups is 1. The second kappa shape index (κ2) is 5.53. The Morgan fingerprint density at radius 1 is 1.40 bits per heavy atom. The van der Waals surface area contributed by atoms with E-state index in [2.05, 4.69) is 14.7 Å². The maximum atomic E-state index is 13.3. The van der Waals surface area contributed by atoms with Crippen molar-refractivity contribution < 1.29 is 31.5 Å². The first kappa shape index (κ1) is 16.0. The highest BCUT2D eigenvalue weighted by atomic mass is 19.4. The zero-order valence-corrected chi connectivity index (χ0v) is 9.96. The Balaban J connectivity index is 3.44. The number of hydrogen-bond acceptors (Lipinski definition) is 6. The van der Waals surface area contributed by atoms with Gasteiger partial charge in [0.15, 0.2) is 0 Å². The van der Waals surface area contributed by atoms with Gasteiger partial charge in [0.2, 0.25) is 5.95 Å². The molecule has 1 aromatic rings. The number of anilines is 1. The molecule has 0 aliphatic heterocycles. The van der Waals surface area contributed by atoms with E-state index >= 15 is 0 Å². The SMILES string of the molecule is CCOC(=O)c1cnc(NN)nc1C(F)(F)C(F)(F)F. The first-order valence-corrected chi connectivity index (χ1v) is 5.11. The van der Waals surface area contributed by atoms with E-state index in [9.17, 15) is 26.7 Å². The van der Waals surface area contributed by atoms with Crippen molar-refractivity contribution in [1.82, 2.24) is 9.97 Å².